The second kappa shape index (κ2) is 7.74. The van der Waals surface area contributed by atoms with Crippen molar-refractivity contribution >= 4 is 11.8 Å². The highest BCUT2D eigenvalue weighted by atomic mass is 32.2. The Balaban J connectivity index is 2.24. The first-order chi connectivity index (χ1) is 7.36. The normalized spacial score (nSPS) is 10.5. The minimum Gasteiger partial charge on any atom is -0.385 e. The lowest BCUT2D eigenvalue weighted by molar-refractivity contribution is 0.194. The van der Waals surface area contributed by atoms with Crippen molar-refractivity contribution in [2.24, 2.45) is 5.73 Å². The van der Waals surface area contributed by atoms with E-state index in [1.165, 1.54) is 16.9 Å². The average molecular weight is 225 g/mol. The van der Waals surface area contributed by atoms with Gasteiger partial charge in [-0.15, -0.1) is 11.8 Å². The molecule has 0 radical (unpaired) electrons. The molecule has 0 aliphatic carbocycles. The maximum atomic E-state index is 5.59. The number of methoxy groups -OCH3 is 1. The van der Waals surface area contributed by atoms with Gasteiger partial charge in [0.25, 0.3) is 0 Å². The van der Waals surface area contributed by atoms with Gasteiger partial charge < -0.3 is 10.5 Å². The van der Waals surface area contributed by atoms with E-state index in [2.05, 4.69) is 24.3 Å². The number of ether oxygens (including phenoxy) is 1. The van der Waals surface area contributed by atoms with Crippen LogP contribution >= 0.6 is 11.8 Å². The predicted molar refractivity (Wildman–Crippen MR) is 66.2 cm³/mol. The van der Waals surface area contributed by atoms with Crippen LogP contribution < -0.4 is 5.73 Å². The number of rotatable bonds is 7. The van der Waals surface area contributed by atoms with Gasteiger partial charge in [-0.2, -0.15) is 0 Å². The lowest BCUT2D eigenvalue weighted by atomic mass is 10.2. The van der Waals surface area contributed by atoms with Crippen LogP contribution in [0.4, 0.5) is 0 Å². The molecule has 0 bridgehead atoms. The van der Waals surface area contributed by atoms with E-state index in [-0.39, 0.29) is 0 Å². The van der Waals surface area contributed by atoms with Gasteiger partial charge in [0.2, 0.25) is 0 Å². The van der Waals surface area contributed by atoms with Crippen LogP contribution in [0.2, 0.25) is 0 Å². The van der Waals surface area contributed by atoms with Gasteiger partial charge in [-0.05, 0) is 36.3 Å². The maximum Gasteiger partial charge on any atom is 0.0462 e. The van der Waals surface area contributed by atoms with Crippen LogP contribution in [0.3, 0.4) is 0 Å². The molecule has 84 valence electrons. The minimum absolute atomic E-state index is 0.623. The average Bonchev–Trinajstić information content (AvgIpc) is 2.29. The first-order valence-electron chi connectivity index (χ1n) is 5.27. The molecule has 0 spiro atoms. The van der Waals surface area contributed by atoms with Gasteiger partial charge in [0.1, 0.15) is 0 Å². The van der Waals surface area contributed by atoms with Crippen LogP contribution in [0.5, 0.6) is 0 Å². The molecule has 0 fully saturated rings. The summed E-state index contributed by atoms with van der Waals surface area (Å²) < 4.78 is 5.00. The van der Waals surface area contributed by atoms with E-state index in [0.717, 1.165) is 18.8 Å². The van der Waals surface area contributed by atoms with Crippen LogP contribution in [-0.2, 0) is 11.3 Å². The molecule has 2 nitrogen and oxygen atoms in total. The van der Waals surface area contributed by atoms with E-state index in [1.54, 1.807) is 7.11 Å². The summed E-state index contributed by atoms with van der Waals surface area (Å²) in [6.07, 6.45) is 2.34. The molecule has 0 atom stereocenters. The maximum absolute atomic E-state index is 5.59. The zero-order valence-corrected chi connectivity index (χ0v) is 10.1. The Hall–Kier alpha value is -0.510. The van der Waals surface area contributed by atoms with Crippen molar-refractivity contribution < 1.29 is 4.74 Å². The molecule has 0 aliphatic heterocycles. The second-order valence-electron chi connectivity index (χ2n) is 3.40. The summed E-state index contributed by atoms with van der Waals surface area (Å²) >= 11 is 1.89. The van der Waals surface area contributed by atoms with E-state index in [4.69, 9.17) is 10.5 Å². The summed E-state index contributed by atoms with van der Waals surface area (Å²) in [6.45, 7) is 1.49. The molecule has 0 heterocycles. The fourth-order valence-corrected chi connectivity index (χ4v) is 2.29. The molecule has 0 saturated heterocycles. The Kier molecular flexibility index (Phi) is 6.48. The molecule has 0 aliphatic rings. The second-order valence-corrected chi connectivity index (χ2v) is 4.57. The number of hydrogen-bond acceptors (Lipinski definition) is 3. The number of hydrogen-bond donors (Lipinski definition) is 1. The first kappa shape index (κ1) is 12.6. The van der Waals surface area contributed by atoms with Crippen LogP contribution in [-0.4, -0.2) is 19.5 Å². The summed E-state index contributed by atoms with van der Waals surface area (Å²) in [5.74, 6) is 1.15. The Bertz CT molecular complexity index is 278. The molecular weight excluding hydrogens is 206 g/mol. The van der Waals surface area contributed by atoms with Crippen LogP contribution in [0.25, 0.3) is 0 Å². The van der Waals surface area contributed by atoms with Crippen molar-refractivity contribution in [3.05, 3.63) is 29.8 Å². The van der Waals surface area contributed by atoms with Crippen molar-refractivity contribution in [3.63, 3.8) is 0 Å². The Morgan fingerprint density at radius 3 is 2.93 bits per heavy atom. The smallest absolute Gasteiger partial charge is 0.0462 e. The van der Waals surface area contributed by atoms with E-state index in [9.17, 15) is 0 Å². The highest BCUT2D eigenvalue weighted by Gasteiger charge is 1.95. The summed E-state index contributed by atoms with van der Waals surface area (Å²) in [4.78, 5) is 1.32. The van der Waals surface area contributed by atoms with Crippen molar-refractivity contribution in [2.75, 3.05) is 19.5 Å². The van der Waals surface area contributed by atoms with Crippen molar-refractivity contribution in [1.82, 2.24) is 0 Å². The first-order valence-corrected chi connectivity index (χ1v) is 6.26. The van der Waals surface area contributed by atoms with Gasteiger partial charge in [-0.3, -0.25) is 0 Å². The topological polar surface area (TPSA) is 35.2 Å². The largest absolute Gasteiger partial charge is 0.385 e. The molecule has 0 unspecified atom stereocenters. The van der Waals surface area contributed by atoms with Crippen molar-refractivity contribution in [1.29, 1.82) is 0 Å². The Labute approximate surface area is 96.2 Å². The Morgan fingerprint density at radius 1 is 1.33 bits per heavy atom. The van der Waals surface area contributed by atoms with Crippen LogP contribution in [0.1, 0.15) is 18.4 Å². The summed E-state index contributed by atoms with van der Waals surface area (Å²) in [5.41, 5.74) is 6.79. The van der Waals surface area contributed by atoms with Gasteiger partial charge in [-0.1, -0.05) is 12.1 Å². The molecule has 2 N–H and O–H groups in total. The molecule has 15 heavy (non-hydrogen) atoms. The minimum atomic E-state index is 0.623. The standard InChI is InChI=1S/C12H19NOS/c1-14-7-2-3-8-15-12-6-4-5-11(9-12)10-13/h4-6,9H,2-3,7-8,10,13H2,1H3. The number of nitrogens with two attached hydrogens (primary N) is 1. The van der Waals surface area contributed by atoms with Crippen LogP contribution in [0.15, 0.2) is 29.2 Å². The molecule has 1 aromatic carbocycles. The van der Waals surface area contributed by atoms with Gasteiger partial charge in [0.15, 0.2) is 0 Å². The number of unbranched alkanes of at least 4 members (excludes halogenated alkanes) is 1. The molecule has 0 aromatic heterocycles. The number of benzene rings is 1. The molecular formula is C12H19NOS. The highest BCUT2D eigenvalue weighted by molar-refractivity contribution is 7.99. The fourth-order valence-electron chi connectivity index (χ4n) is 1.30. The zero-order valence-electron chi connectivity index (χ0n) is 9.24. The lowest BCUT2D eigenvalue weighted by Gasteiger charge is -2.03. The summed E-state index contributed by atoms with van der Waals surface area (Å²) in [6, 6.07) is 8.44. The SMILES string of the molecule is COCCCCSc1cccc(CN)c1. The molecule has 3 heteroatoms. The number of thioether (sulfide) groups is 1. The van der Waals surface area contributed by atoms with Crippen molar-refractivity contribution in [3.8, 4) is 0 Å². The van der Waals surface area contributed by atoms with Gasteiger partial charge in [-0.25, -0.2) is 0 Å². The van der Waals surface area contributed by atoms with E-state index >= 15 is 0 Å². The third-order valence-corrected chi connectivity index (χ3v) is 3.23. The summed E-state index contributed by atoms with van der Waals surface area (Å²) in [7, 11) is 1.75. The van der Waals surface area contributed by atoms with Crippen LogP contribution in [0, 0.1) is 0 Å². The van der Waals surface area contributed by atoms with Gasteiger partial charge in [0.05, 0.1) is 0 Å². The third kappa shape index (κ3) is 5.21. The van der Waals surface area contributed by atoms with E-state index in [0.29, 0.717) is 6.54 Å². The zero-order chi connectivity index (χ0) is 10.9. The molecule has 0 saturated carbocycles. The highest BCUT2D eigenvalue weighted by Crippen LogP contribution is 2.20. The molecule has 1 aromatic rings. The monoisotopic (exact) mass is 225 g/mol. The van der Waals surface area contributed by atoms with Gasteiger partial charge >= 0.3 is 0 Å². The quantitative estimate of drug-likeness (QED) is 0.572. The summed E-state index contributed by atoms with van der Waals surface area (Å²) in [5, 5.41) is 0. The predicted octanol–water partition coefficient (Wildman–Crippen LogP) is 2.66. The van der Waals surface area contributed by atoms with Crippen molar-refractivity contribution in [2.45, 2.75) is 24.3 Å². The fraction of sp³-hybridized carbons (Fsp3) is 0.500. The third-order valence-electron chi connectivity index (χ3n) is 2.15. The van der Waals surface area contributed by atoms with Gasteiger partial charge in [0, 0.05) is 25.2 Å². The Morgan fingerprint density at radius 2 is 2.20 bits per heavy atom. The van der Waals surface area contributed by atoms with E-state index in [1.807, 2.05) is 11.8 Å². The molecule has 0 amide bonds. The van der Waals surface area contributed by atoms with E-state index < -0.39 is 0 Å². The lowest BCUT2D eigenvalue weighted by Crippen LogP contribution is -1.95. The molecule has 1 rings (SSSR count).